The van der Waals surface area contributed by atoms with Crippen LogP contribution in [0.4, 0.5) is 0 Å². The van der Waals surface area contributed by atoms with E-state index in [9.17, 15) is 0 Å². The van der Waals surface area contributed by atoms with E-state index in [0.717, 1.165) is 5.75 Å². The van der Waals surface area contributed by atoms with Crippen LogP contribution in [0.2, 0.25) is 0 Å². The molecule has 0 bridgehead atoms. The van der Waals surface area contributed by atoms with Gasteiger partial charge in [0.25, 0.3) is 0 Å². The van der Waals surface area contributed by atoms with Crippen LogP contribution in [0, 0.1) is 0 Å². The lowest BCUT2D eigenvalue weighted by atomic mass is 10.1. The molecule has 0 saturated carbocycles. The van der Waals surface area contributed by atoms with Crippen LogP contribution in [0.5, 0.6) is 0 Å². The Kier molecular flexibility index (Phi) is 13.5. The molecule has 0 amide bonds. The molecule has 1 atom stereocenters. The van der Waals surface area contributed by atoms with Gasteiger partial charge in [-0.2, -0.15) is 12.6 Å². The fourth-order valence-electron chi connectivity index (χ4n) is 1.49. The first-order valence-electron chi connectivity index (χ1n) is 5.72. The van der Waals surface area contributed by atoms with Gasteiger partial charge >= 0.3 is 0 Å². The van der Waals surface area contributed by atoms with Gasteiger partial charge in [-0.3, -0.25) is 0 Å². The monoisotopic (exact) mass is 220 g/mol. The van der Waals surface area contributed by atoms with Gasteiger partial charge in [-0.25, -0.2) is 0 Å². The lowest BCUT2D eigenvalue weighted by Crippen LogP contribution is -1.82. The molecule has 0 nitrogen and oxygen atoms in total. The Labute approximate surface area is 91.9 Å². The first-order valence-corrected chi connectivity index (χ1v) is 7.17. The molecule has 0 aliphatic rings. The topological polar surface area (TPSA) is 0 Å². The summed E-state index contributed by atoms with van der Waals surface area (Å²) in [5.74, 6) is 1.06. The first kappa shape index (κ1) is 13.8. The average molecular weight is 220 g/mol. The van der Waals surface area contributed by atoms with Crippen molar-refractivity contribution in [1.82, 2.24) is 0 Å². The number of thiol groups is 1. The molecular formula is C11H25PS. The summed E-state index contributed by atoms with van der Waals surface area (Å²) < 4.78 is 0. The Bertz CT molecular complexity index is 76.2. The summed E-state index contributed by atoms with van der Waals surface area (Å²) >= 11 is 4.20. The van der Waals surface area contributed by atoms with Crippen molar-refractivity contribution in [1.29, 1.82) is 0 Å². The van der Waals surface area contributed by atoms with E-state index in [0.29, 0.717) is 0 Å². The second-order valence-electron chi connectivity index (χ2n) is 3.69. The molecule has 0 radical (unpaired) electrons. The van der Waals surface area contributed by atoms with Gasteiger partial charge in [0.1, 0.15) is 0 Å². The standard InChI is InChI=1S/C11H25PS/c12-10-8-6-4-2-1-3-5-7-9-11-13/h13H,1-12H2. The van der Waals surface area contributed by atoms with E-state index >= 15 is 0 Å². The van der Waals surface area contributed by atoms with Gasteiger partial charge in [0.2, 0.25) is 0 Å². The molecule has 2 heteroatoms. The SMILES string of the molecule is PCCCCCCCCCCCS. The Morgan fingerprint density at radius 2 is 1.00 bits per heavy atom. The van der Waals surface area contributed by atoms with Crippen molar-refractivity contribution >= 4 is 21.9 Å². The van der Waals surface area contributed by atoms with Crippen LogP contribution in [-0.2, 0) is 0 Å². The van der Waals surface area contributed by atoms with Crippen LogP contribution < -0.4 is 0 Å². The zero-order chi connectivity index (χ0) is 9.78. The number of hydrogen-bond donors (Lipinski definition) is 1. The summed E-state index contributed by atoms with van der Waals surface area (Å²) in [5, 5.41) is 0. The zero-order valence-corrected chi connectivity index (χ0v) is 10.9. The number of rotatable bonds is 10. The molecule has 0 aromatic heterocycles. The normalized spacial score (nSPS) is 10.6. The summed E-state index contributed by atoms with van der Waals surface area (Å²) in [5.41, 5.74) is 0. The quantitative estimate of drug-likeness (QED) is 0.317. The van der Waals surface area contributed by atoms with Crippen molar-refractivity contribution in [2.45, 2.75) is 57.8 Å². The van der Waals surface area contributed by atoms with Crippen molar-refractivity contribution in [3.8, 4) is 0 Å². The van der Waals surface area contributed by atoms with Gasteiger partial charge in [0, 0.05) is 0 Å². The fraction of sp³-hybridized carbons (Fsp3) is 1.00. The van der Waals surface area contributed by atoms with E-state index in [1.807, 2.05) is 0 Å². The molecule has 0 aliphatic heterocycles. The molecule has 0 aromatic rings. The molecule has 0 fully saturated rings. The zero-order valence-electron chi connectivity index (χ0n) is 8.80. The van der Waals surface area contributed by atoms with Crippen LogP contribution in [0.25, 0.3) is 0 Å². The fourth-order valence-corrected chi connectivity index (χ4v) is 2.01. The third kappa shape index (κ3) is 12.8. The highest BCUT2D eigenvalue weighted by Gasteiger charge is 1.91. The summed E-state index contributed by atoms with van der Waals surface area (Å²) in [6, 6.07) is 0. The lowest BCUT2D eigenvalue weighted by molar-refractivity contribution is 0.574. The van der Waals surface area contributed by atoms with Crippen LogP contribution in [-0.4, -0.2) is 11.9 Å². The van der Waals surface area contributed by atoms with Crippen molar-refractivity contribution in [3.63, 3.8) is 0 Å². The Hall–Kier alpha value is 0.780. The molecular weight excluding hydrogens is 195 g/mol. The third-order valence-electron chi connectivity index (χ3n) is 2.36. The molecule has 1 unspecified atom stereocenters. The Balaban J connectivity index is 2.76. The predicted octanol–water partition coefficient (Wildman–Crippen LogP) is 4.30. The van der Waals surface area contributed by atoms with E-state index in [1.165, 1.54) is 63.9 Å². The maximum absolute atomic E-state index is 4.20. The van der Waals surface area contributed by atoms with Crippen molar-refractivity contribution in [3.05, 3.63) is 0 Å². The lowest BCUT2D eigenvalue weighted by Gasteiger charge is -2.00. The molecule has 0 spiro atoms. The van der Waals surface area contributed by atoms with E-state index in [4.69, 9.17) is 0 Å². The van der Waals surface area contributed by atoms with E-state index in [-0.39, 0.29) is 0 Å². The van der Waals surface area contributed by atoms with Gasteiger partial charge in [-0.1, -0.05) is 44.9 Å². The van der Waals surface area contributed by atoms with Crippen LogP contribution in [0.1, 0.15) is 57.8 Å². The van der Waals surface area contributed by atoms with Gasteiger partial charge in [0.05, 0.1) is 0 Å². The third-order valence-corrected chi connectivity index (χ3v) is 3.09. The highest BCUT2D eigenvalue weighted by Crippen LogP contribution is 2.10. The van der Waals surface area contributed by atoms with Crippen LogP contribution in [0.3, 0.4) is 0 Å². The highest BCUT2D eigenvalue weighted by atomic mass is 32.1. The second kappa shape index (κ2) is 12.8. The van der Waals surface area contributed by atoms with Gasteiger partial charge in [-0.05, 0) is 24.8 Å². The minimum Gasteiger partial charge on any atom is -0.179 e. The minimum absolute atomic E-state index is 1.06. The van der Waals surface area contributed by atoms with Gasteiger partial charge in [0.15, 0.2) is 0 Å². The van der Waals surface area contributed by atoms with Crippen LogP contribution >= 0.6 is 21.9 Å². The summed E-state index contributed by atoms with van der Waals surface area (Å²) in [4.78, 5) is 0. The molecule has 0 aromatic carbocycles. The molecule has 0 heterocycles. The molecule has 13 heavy (non-hydrogen) atoms. The van der Waals surface area contributed by atoms with E-state index in [1.54, 1.807) is 0 Å². The summed E-state index contributed by atoms with van der Waals surface area (Å²) in [6.45, 7) is 0. The maximum Gasteiger partial charge on any atom is -0.00979 e. The average Bonchev–Trinajstić information content (AvgIpc) is 2.16. The summed E-state index contributed by atoms with van der Waals surface area (Å²) in [6.07, 6.45) is 14.0. The second-order valence-corrected chi connectivity index (χ2v) is 4.72. The molecule has 0 aliphatic carbocycles. The minimum atomic E-state index is 1.06. The molecule has 0 N–H and O–H groups in total. The molecule has 0 rings (SSSR count). The highest BCUT2D eigenvalue weighted by molar-refractivity contribution is 7.80. The largest absolute Gasteiger partial charge is 0.179 e. The molecule has 0 saturated heterocycles. The number of unbranched alkanes of at least 4 members (excludes halogenated alkanes) is 8. The van der Waals surface area contributed by atoms with Crippen molar-refractivity contribution in [2.75, 3.05) is 11.9 Å². The van der Waals surface area contributed by atoms with Gasteiger partial charge in [-0.15, -0.1) is 9.24 Å². The Morgan fingerprint density at radius 1 is 0.615 bits per heavy atom. The van der Waals surface area contributed by atoms with E-state index in [2.05, 4.69) is 21.9 Å². The number of hydrogen-bond acceptors (Lipinski definition) is 1. The first-order chi connectivity index (χ1) is 6.41. The van der Waals surface area contributed by atoms with E-state index < -0.39 is 0 Å². The Morgan fingerprint density at radius 3 is 1.38 bits per heavy atom. The maximum atomic E-state index is 4.20. The smallest absolute Gasteiger partial charge is 0.00979 e. The van der Waals surface area contributed by atoms with Crippen molar-refractivity contribution < 1.29 is 0 Å². The predicted molar refractivity (Wildman–Crippen MR) is 70.0 cm³/mol. The molecule has 80 valence electrons. The summed E-state index contributed by atoms with van der Waals surface area (Å²) in [7, 11) is 2.80. The van der Waals surface area contributed by atoms with Gasteiger partial charge < -0.3 is 0 Å². The van der Waals surface area contributed by atoms with Crippen LogP contribution in [0.15, 0.2) is 0 Å². The van der Waals surface area contributed by atoms with Crippen molar-refractivity contribution in [2.24, 2.45) is 0 Å².